The predicted octanol–water partition coefficient (Wildman–Crippen LogP) is 3.07. The van der Waals surface area contributed by atoms with Crippen molar-refractivity contribution in [1.29, 1.82) is 0 Å². The van der Waals surface area contributed by atoms with Crippen molar-refractivity contribution in [3.63, 3.8) is 0 Å². The molecule has 2 N–H and O–H groups in total. The van der Waals surface area contributed by atoms with Gasteiger partial charge in [0.15, 0.2) is 0 Å². The van der Waals surface area contributed by atoms with Gasteiger partial charge < -0.3 is 10.3 Å². The van der Waals surface area contributed by atoms with E-state index in [0.29, 0.717) is 5.82 Å². The van der Waals surface area contributed by atoms with Gasteiger partial charge in [0, 0.05) is 47.6 Å². The maximum atomic E-state index is 11.7. The molecule has 0 aliphatic rings. The lowest BCUT2D eigenvalue weighted by atomic mass is 10.2. The molecular weight excluding hydrogens is 334 g/mol. The molecule has 0 saturated heterocycles. The van der Waals surface area contributed by atoms with Crippen LogP contribution >= 0.6 is 11.3 Å². The number of hydrogen-bond donors (Lipinski definition) is 2. The van der Waals surface area contributed by atoms with Crippen molar-refractivity contribution < 1.29 is 0 Å². The number of aromatic nitrogens is 4. The summed E-state index contributed by atoms with van der Waals surface area (Å²) >= 11 is 1.76. The average Bonchev–Trinajstić information content (AvgIpc) is 3.10. The van der Waals surface area contributed by atoms with E-state index in [9.17, 15) is 4.79 Å². The minimum absolute atomic E-state index is 0.140. The van der Waals surface area contributed by atoms with Gasteiger partial charge in [-0.3, -0.25) is 4.79 Å². The van der Waals surface area contributed by atoms with Gasteiger partial charge in [0.05, 0.1) is 5.01 Å². The van der Waals surface area contributed by atoms with E-state index in [4.69, 9.17) is 0 Å². The Hall–Kier alpha value is -2.54. The van der Waals surface area contributed by atoms with Crippen LogP contribution in [-0.4, -0.2) is 26.5 Å². The highest BCUT2D eigenvalue weighted by Crippen LogP contribution is 2.16. The molecule has 0 spiro atoms. The SMILES string of the molecule is CCc1cc(=O)[nH]c(-c2ccc(NCCc3ncc(CC)s3)nc2)n1. The molecular formula is C18H21N5OS. The van der Waals surface area contributed by atoms with Gasteiger partial charge in [0.1, 0.15) is 11.6 Å². The number of H-pyrrole nitrogens is 1. The Morgan fingerprint density at radius 1 is 1.16 bits per heavy atom. The van der Waals surface area contributed by atoms with Gasteiger partial charge in [-0.15, -0.1) is 11.3 Å². The van der Waals surface area contributed by atoms with Crippen molar-refractivity contribution in [3.05, 3.63) is 56.5 Å². The highest BCUT2D eigenvalue weighted by Gasteiger charge is 2.05. The quantitative estimate of drug-likeness (QED) is 0.680. The van der Waals surface area contributed by atoms with Crippen LogP contribution in [0.15, 0.2) is 35.4 Å². The van der Waals surface area contributed by atoms with Gasteiger partial charge in [0.2, 0.25) is 0 Å². The Morgan fingerprint density at radius 2 is 2.04 bits per heavy atom. The minimum atomic E-state index is -0.140. The molecule has 0 aliphatic carbocycles. The molecule has 0 fully saturated rings. The summed E-state index contributed by atoms with van der Waals surface area (Å²) in [6.45, 7) is 4.89. The van der Waals surface area contributed by atoms with Crippen LogP contribution in [0.5, 0.6) is 0 Å². The Morgan fingerprint density at radius 3 is 2.72 bits per heavy atom. The maximum Gasteiger partial charge on any atom is 0.251 e. The molecule has 25 heavy (non-hydrogen) atoms. The second kappa shape index (κ2) is 8.02. The first-order valence-corrected chi connectivity index (χ1v) is 9.23. The summed E-state index contributed by atoms with van der Waals surface area (Å²) in [7, 11) is 0. The average molecular weight is 355 g/mol. The molecule has 0 radical (unpaired) electrons. The van der Waals surface area contributed by atoms with Gasteiger partial charge in [-0.05, 0) is 25.0 Å². The number of nitrogens with one attached hydrogen (secondary N) is 2. The van der Waals surface area contributed by atoms with Crippen LogP contribution in [-0.2, 0) is 19.3 Å². The minimum Gasteiger partial charge on any atom is -0.370 e. The second-order valence-electron chi connectivity index (χ2n) is 5.62. The number of aromatic amines is 1. The van der Waals surface area contributed by atoms with Crippen LogP contribution in [0.3, 0.4) is 0 Å². The fourth-order valence-corrected chi connectivity index (χ4v) is 3.25. The standard InChI is InChI=1S/C18H21N5OS/c1-3-13-9-16(24)23-18(22-13)12-5-6-15(20-10-12)19-8-7-17-21-11-14(4-2)25-17/h5-6,9-11H,3-4,7-8H2,1-2H3,(H,19,20)(H,22,23,24). The van der Waals surface area contributed by atoms with Gasteiger partial charge in [0.25, 0.3) is 5.56 Å². The number of hydrogen-bond acceptors (Lipinski definition) is 6. The fraction of sp³-hybridized carbons (Fsp3) is 0.333. The predicted molar refractivity (Wildman–Crippen MR) is 101 cm³/mol. The Labute approximate surface area is 150 Å². The zero-order valence-electron chi connectivity index (χ0n) is 14.4. The van der Waals surface area contributed by atoms with E-state index in [1.54, 1.807) is 17.5 Å². The number of rotatable bonds is 7. The Bertz CT molecular complexity index is 885. The van der Waals surface area contributed by atoms with Gasteiger partial charge >= 0.3 is 0 Å². The molecule has 130 valence electrons. The highest BCUT2D eigenvalue weighted by atomic mass is 32.1. The van der Waals surface area contributed by atoms with Crippen LogP contribution in [0.2, 0.25) is 0 Å². The zero-order chi connectivity index (χ0) is 17.6. The molecule has 0 aliphatic heterocycles. The normalized spacial score (nSPS) is 10.8. The third-order valence-electron chi connectivity index (χ3n) is 3.79. The third kappa shape index (κ3) is 4.51. The summed E-state index contributed by atoms with van der Waals surface area (Å²) < 4.78 is 0. The number of anilines is 1. The van der Waals surface area contributed by atoms with E-state index in [0.717, 1.165) is 47.9 Å². The van der Waals surface area contributed by atoms with Gasteiger partial charge in [-0.1, -0.05) is 13.8 Å². The molecule has 6 nitrogen and oxygen atoms in total. The monoisotopic (exact) mass is 355 g/mol. The van der Waals surface area contributed by atoms with Gasteiger partial charge in [-0.25, -0.2) is 15.0 Å². The molecule has 0 unspecified atom stereocenters. The smallest absolute Gasteiger partial charge is 0.251 e. The highest BCUT2D eigenvalue weighted by molar-refractivity contribution is 7.11. The van der Waals surface area contributed by atoms with Crippen molar-refractivity contribution in [2.75, 3.05) is 11.9 Å². The summed E-state index contributed by atoms with van der Waals surface area (Å²) in [6.07, 6.45) is 6.30. The van der Waals surface area contributed by atoms with E-state index in [2.05, 4.69) is 32.2 Å². The molecule has 3 aromatic rings. The summed E-state index contributed by atoms with van der Waals surface area (Å²) in [5.74, 6) is 1.35. The third-order valence-corrected chi connectivity index (χ3v) is 4.99. The van der Waals surface area contributed by atoms with Crippen LogP contribution in [0.1, 0.15) is 29.4 Å². The molecule has 0 bridgehead atoms. The molecule has 3 heterocycles. The maximum absolute atomic E-state index is 11.7. The zero-order valence-corrected chi connectivity index (χ0v) is 15.2. The van der Waals surface area contributed by atoms with Crippen LogP contribution < -0.4 is 10.9 Å². The lowest BCUT2D eigenvalue weighted by molar-refractivity contribution is 0.979. The molecule has 0 saturated carbocycles. The molecule has 3 aromatic heterocycles. The van der Waals surface area contributed by atoms with Crippen LogP contribution in [0, 0.1) is 0 Å². The lowest BCUT2D eigenvalue weighted by Crippen LogP contribution is -2.10. The summed E-state index contributed by atoms with van der Waals surface area (Å²) in [4.78, 5) is 29.0. The molecule has 0 amide bonds. The lowest BCUT2D eigenvalue weighted by Gasteiger charge is -2.06. The number of nitrogens with zero attached hydrogens (tertiary/aromatic N) is 3. The Balaban J connectivity index is 1.62. The fourth-order valence-electron chi connectivity index (χ4n) is 2.39. The van der Waals surface area contributed by atoms with Crippen LogP contribution in [0.4, 0.5) is 5.82 Å². The largest absolute Gasteiger partial charge is 0.370 e. The van der Waals surface area contributed by atoms with Crippen molar-refractivity contribution in [2.24, 2.45) is 0 Å². The second-order valence-corrected chi connectivity index (χ2v) is 6.82. The molecule has 7 heteroatoms. The van der Waals surface area contributed by atoms with E-state index >= 15 is 0 Å². The van der Waals surface area contributed by atoms with E-state index in [1.807, 2.05) is 25.3 Å². The van der Waals surface area contributed by atoms with E-state index in [1.165, 1.54) is 10.9 Å². The summed E-state index contributed by atoms with van der Waals surface area (Å²) in [5, 5.41) is 4.43. The first-order valence-electron chi connectivity index (χ1n) is 8.42. The van der Waals surface area contributed by atoms with E-state index in [-0.39, 0.29) is 5.56 Å². The summed E-state index contributed by atoms with van der Waals surface area (Å²) in [6, 6.07) is 5.33. The van der Waals surface area contributed by atoms with Crippen LogP contribution in [0.25, 0.3) is 11.4 Å². The summed E-state index contributed by atoms with van der Waals surface area (Å²) in [5.41, 5.74) is 1.43. The first-order chi connectivity index (χ1) is 12.2. The van der Waals surface area contributed by atoms with Crippen molar-refractivity contribution >= 4 is 17.2 Å². The van der Waals surface area contributed by atoms with Gasteiger partial charge in [-0.2, -0.15) is 0 Å². The number of pyridine rings is 1. The van der Waals surface area contributed by atoms with E-state index < -0.39 is 0 Å². The molecule has 0 aromatic carbocycles. The van der Waals surface area contributed by atoms with Crippen molar-refractivity contribution in [2.45, 2.75) is 33.1 Å². The Kier molecular flexibility index (Phi) is 5.55. The molecule has 0 atom stereocenters. The topological polar surface area (TPSA) is 83.6 Å². The number of aryl methyl sites for hydroxylation is 2. The van der Waals surface area contributed by atoms with Crippen molar-refractivity contribution in [3.8, 4) is 11.4 Å². The first kappa shape index (κ1) is 17.3. The molecule has 3 rings (SSSR count). The number of thiazole rings is 1. The van der Waals surface area contributed by atoms with Crippen molar-refractivity contribution in [1.82, 2.24) is 19.9 Å².